The van der Waals surface area contributed by atoms with E-state index >= 15 is 0 Å². The zero-order chi connectivity index (χ0) is 13.0. The third kappa shape index (κ3) is 3.29. The molecule has 1 aromatic heterocycles. The van der Waals surface area contributed by atoms with E-state index in [-0.39, 0.29) is 0 Å². The van der Waals surface area contributed by atoms with Gasteiger partial charge in [-0.3, -0.25) is 0 Å². The van der Waals surface area contributed by atoms with Gasteiger partial charge in [-0.15, -0.1) is 0 Å². The largest absolute Gasteiger partial charge is 0.369 e. The maximum absolute atomic E-state index is 4.53. The predicted molar refractivity (Wildman–Crippen MR) is 81.6 cm³/mol. The van der Waals surface area contributed by atoms with E-state index in [4.69, 9.17) is 0 Å². The minimum atomic E-state index is 0.726. The topological polar surface area (TPSA) is 37.8 Å². The number of hydrogen-bond donors (Lipinski definition) is 1. The second kappa shape index (κ2) is 6.29. The van der Waals surface area contributed by atoms with Crippen LogP contribution in [0.15, 0.2) is 39.4 Å². The van der Waals surface area contributed by atoms with E-state index in [1.165, 1.54) is 0 Å². The first-order chi connectivity index (χ1) is 8.70. The molecule has 0 unspecified atom stereocenters. The van der Waals surface area contributed by atoms with Crippen molar-refractivity contribution in [3.05, 3.63) is 39.4 Å². The molecule has 0 aliphatic rings. The fraction of sp³-hybridized carbons (Fsp3) is 0.231. The molecular formula is C13H13Br2N3. The summed E-state index contributed by atoms with van der Waals surface area (Å²) < 4.78 is 1.93. The van der Waals surface area contributed by atoms with Crippen molar-refractivity contribution in [2.24, 2.45) is 0 Å². The van der Waals surface area contributed by atoms with Gasteiger partial charge >= 0.3 is 0 Å². The van der Waals surface area contributed by atoms with Gasteiger partial charge in [-0.1, -0.05) is 35.0 Å². The predicted octanol–water partition coefficient (Wildman–Crippen LogP) is 4.49. The molecule has 2 aromatic rings. The molecule has 0 fully saturated rings. The van der Waals surface area contributed by atoms with Crippen molar-refractivity contribution in [1.82, 2.24) is 9.97 Å². The summed E-state index contributed by atoms with van der Waals surface area (Å²) in [5.41, 5.74) is 1.00. The van der Waals surface area contributed by atoms with Crippen LogP contribution in [-0.4, -0.2) is 16.5 Å². The Morgan fingerprint density at radius 3 is 2.56 bits per heavy atom. The maximum atomic E-state index is 4.53. The summed E-state index contributed by atoms with van der Waals surface area (Å²) in [7, 11) is 0. The number of benzene rings is 1. The molecule has 0 radical (unpaired) electrons. The molecule has 0 atom stereocenters. The third-order valence-corrected chi connectivity index (χ3v) is 3.50. The van der Waals surface area contributed by atoms with Crippen LogP contribution in [0.2, 0.25) is 0 Å². The van der Waals surface area contributed by atoms with Gasteiger partial charge in [-0.05, 0) is 34.5 Å². The average molecular weight is 371 g/mol. The summed E-state index contributed by atoms with van der Waals surface area (Å²) in [6.07, 6.45) is 2.84. The zero-order valence-corrected chi connectivity index (χ0v) is 13.1. The molecule has 1 heterocycles. The van der Waals surface area contributed by atoms with Crippen LogP contribution in [0.4, 0.5) is 5.82 Å². The van der Waals surface area contributed by atoms with Crippen molar-refractivity contribution in [3.63, 3.8) is 0 Å². The Morgan fingerprint density at radius 1 is 1.17 bits per heavy atom. The molecule has 0 bridgehead atoms. The van der Waals surface area contributed by atoms with Crippen molar-refractivity contribution < 1.29 is 0 Å². The SMILES string of the molecule is CCCNc1nc(-c2ccc(Br)cc2)ncc1Br. The third-order valence-electron chi connectivity index (χ3n) is 2.39. The van der Waals surface area contributed by atoms with Gasteiger partial charge in [0.15, 0.2) is 5.82 Å². The van der Waals surface area contributed by atoms with Crippen LogP contribution in [0.3, 0.4) is 0 Å². The van der Waals surface area contributed by atoms with Crippen LogP contribution < -0.4 is 5.32 Å². The Labute approximate surface area is 123 Å². The second-order valence-electron chi connectivity index (χ2n) is 3.82. The van der Waals surface area contributed by atoms with E-state index in [1.807, 2.05) is 24.3 Å². The van der Waals surface area contributed by atoms with Gasteiger partial charge in [0.05, 0.1) is 4.47 Å². The quantitative estimate of drug-likeness (QED) is 0.861. The minimum absolute atomic E-state index is 0.726. The van der Waals surface area contributed by atoms with Crippen molar-refractivity contribution in [2.75, 3.05) is 11.9 Å². The summed E-state index contributed by atoms with van der Waals surface area (Å²) in [6, 6.07) is 7.97. The van der Waals surface area contributed by atoms with E-state index in [0.717, 1.165) is 39.1 Å². The highest BCUT2D eigenvalue weighted by Crippen LogP contribution is 2.24. The van der Waals surface area contributed by atoms with Crippen LogP contribution in [0.5, 0.6) is 0 Å². The lowest BCUT2D eigenvalue weighted by Crippen LogP contribution is -2.04. The Morgan fingerprint density at radius 2 is 1.89 bits per heavy atom. The molecule has 0 aliphatic carbocycles. The molecule has 0 amide bonds. The number of nitrogens with one attached hydrogen (secondary N) is 1. The molecule has 0 saturated heterocycles. The van der Waals surface area contributed by atoms with Gasteiger partial charge in [0.2, 0.25) is 0 Å². The smallest absolute Gasteiger partial charge is 0.161 e. The molecule has 0 aliphatic heterocycles. The van der Waals surface area contributed by atoms with Crippen LogP contribution in [0.1, 0.15) is 13.3 Å². The number of aromatic nitrogens is 2. The molecule has 0 saturated carbocycles. The maximum Gasteiger partial charge on any atom is 0.161 e. The molecule has 1 aromatic carbocycles. The van der Waals surface area contributed by atoms with Crippen molar-refractivity contribution in [2.45, 2.75) is 13.3 Å². The fourth-order valence-corrected chi connectivity index (χ4v) is 2.07. The average Bonchev–Trinajstić information content (AvgIpc) is 2.39. The highest BCUT2D eigenvalue weighted by molar-refractivity contribution is 9.10. The van der Waals surface area contributed by atoms with Gasteiger partial charge in [0, 0.05) is 22.8 Å². The molecule has 18 heavy (non-hydrogen) atoms. The normalized spacial score (nSPS) is 10.4. The minimum Gasteiger partial charge on any atom is -0.369 e. The Hall–Kier alpha value is -0.940. The number of nitrogens with zero attached hydrogens (tertiary/aromatic N) is 2. The lowest BCUT2D eigenvalue weighted by Gasteiger charge is -2.08. The van der Waals surface area contributed by atoms with Crippen LogP contribution in [0.25, 0.3) is 11.4 Å². The van der Waals surface area contributed by atoms with E-state index in [1.54, 1.807) is 6.20 Å². The van der Waals surface area contributed by atoms with E-state index < -0.39 is 0 Å². The van der Waals surface area contributed by atoms with Gasteiger partial charge in [0.25, 0.3) is 0 Å². The van der Waals surface area contributed by atoms with Gasteiger partial charge in [-0.25, -0.2) is 9.97 Å². The van der Waals surface area contributed by atoms with Crippen molar-refractivity contribution in [1.29, 1.82) is 0 Å². The van der Waals surface area contributed by atoms with Crippen LogP contribution in [0, 0.1) is 0 Å². The van der Waals surface area contributed by atoms with E-state index in [9.17, 15) is 0 Å². The molecular weight excluding hydrogens is 358 g/mol. The van der Waals surface area contributed by atoms with Gasteiger partial charge in [0.1, 0.15) is 5.82 Å². The standard InChI is InChI=1S/C13H13Br2N3/c1-2-7-16-13-11(15)8-17-12(18-13)9-3-5-10(14)6-4-9/h3-6,8H,2,7H2,1H3,(H,16,17,18). The van der Waals surface area contributed by atoms with Crippen molar-refractivity contribution in [3.8, 4) is 11.4 Å². The first-order valence-electron chi connectivity index (χ1n) is 5.73. The monoisotopic (exact) mass is 369 g/mol. The molecule has 0 spiro atoms. The highest BCUT2D eigenvalue weighted by Gasteiger charge is 2.06. The summed E-state index contributed by atoms with van der Waals surface area (Å²) >= 11 is 6.87. The first-order valence-corrected chi connectivity index (χ1v) is 7.31. The molecule has 3 nitrogen and oxygen atoms in total. The first kappa shape index (κ1) is 13.5. The van der Waals surface area contributed by atoms with Crippen molar-refractivity contribution >= 4 is 37.7 Å². The Balaban J connectivity index is 2.31. The fourth-order valence-electron chi connectivity index (χ4n) is 1.47. The zero-order valence-electron chi connectivity index (χ0n) is 9.95. The van der Waals surface area contributed by atoms with Gasteiger partial charge in [-0.2, -0.15) is 0 Å². The highest BCUT2D eigenvalue weighted by atomic mass is 79.9. The summed E-state index contributed by atoms with van der Waals surface area (Å²) in [4.78, 5) is 8.86. The second-order valence-corrected chi connectivity index (χ2v) is 5.59. The molecule has 1 N–H and O–H groups in total. The molecule has 2 rings (SSSR count). The number of halogens is 2. The lowest BCUT2D eigenvalue weighted by molar-refractivity contribution is 0.963. The number of rotatable bonds is 4. The number of anilines is 1. The Kier molecular flexibility index (Phi) is 4.72. The van der Waals surface area contributed by atoms with Gasteiger partial charge < -0.3 is 5.32 Å². The number of hydrogen-bond acceptors (Lipinski definition) is 3. The summed E-state index contributed by atoms with van der Waals surface area (Å²) in [5, 5.41) is 3.28. The van der Waals surface area contributed by atoms with E-state index in [0.29, 0.717) is 0 Å². The van der Waals surface area contributed by atoms with Crippen LogP contribution in [-0.2, 0) is 0 Å². The Bertz CT molecular complexity index is 526. The lowest BCUT2D eigenvalue weighted by atomic mass is 10.2. The van der Waals surface area contributed by atoms with E-state index in [2.05, 4.69) is 54.1 Å². The molecule has 5 heteroatoms. The summed E-state index contributed by atoms with van der Waals surface area (Å²) in [5.74, 6) is 1.56. The van der Waals surface area contributed by atoms with Crippen LogP contribution >= 0.6 is 31.9 Å². The summed E-state index contributed by atoms with van der Waals surface area (Å²) in [6.45, 7) is 3.02. The molecule has 94 valence electrons.